The smallest absolute Gasteiger partial charge is 0.0749 e. The van der Waals surface area contributed by atoms with Gasteiger partial charge in [0, 0.05) is 17.5 Å². The van der Waals surface area contributed by atoms with Crippen molar-refractivity contribution >= 4 is 27.3 Å². The molecular weight excluding hydrogens is 222 g/mol. The molecule has 1 aromatic heterocycles. The molecule has 1 unspecified atom stereocenters. The van der Waals surface area contributed by atoms with Crippen molar-refractivity contribution in [3.8, 4) is 0 Å². The van der Waals surface area contributed by atoms with Crippen molar-refractivity contribution in [2.75, 3.05) is 0 Å². The Hall–Kier alpha value is 0.140. The van der Waals surface area contributed by atoms with Crippen LogP contribution in [0.1, 0.15) is 28.5 Å². The summed E-state index contributed by atoms with van der Waals surface area (Å²) in [5.41, 5.74) is 3.16. The van der Waals surface area contributed by atoms with Gasteiger partial charge in [-0.2, -0.15) is 0 Å². The summed E-state index contributed by atoms with van der Waals surface area (Å²) in [5.74, 6) is 0. The maximum atomic E-state index is 3.61. The monoisotopic (exact) mass is 229 g/mol. The quantitative estimate of drug-likeness (QED) is 0.722. The minimum atomic E-state index is 0.697. The van der Waals surface area contributed by atoms with E-state index in [0.29, 0.717) is 6.04 Å². The van der Waals surface area contributed by atoms with Gasteiger partial charge < -0.3 is 5.32 Å². The standard InChI is InChI=1S/C8H8BrNS/c9-8-4-3-10-5-1-2-6(11-8)7(4)5/h5,10H,1-3H2. The molecule has 1 aliphatic heterocycles. The number of hydrogen-bond donors (Lipinski definition) is 1. The van der Waals surface area contributed by atoms with Crippen LogP contribution in [0, 0.1) is 0 Å². The highest BCUT2D eigenvalue weighted by molar-refractivity contribution is 9.11. The third-order valence-corrected chi connectivity index (χ3v) is 4.67. The molecule has 2 aliphatic rings. The van der Waals surface area contributed by atoms with Crippen molar-refractivity contribution in [1.29, 1.82) is 0 Å². The van der Waals surface area contributed by atoms with Crippen molar-refractivity contribution < 1.29 is 0 Å². The van der Waals surface area contributed by atoms with Crippen LogP contribution in [-0.4, -0.2) is 0 Å². The van der Waals surface area contributed by atoms with Gasteiger partial charge in [-0.1, -0.05) is 0 Å². The molecule has 1 nitrogen and oxygen atoms in total. The SMILES string of the molecule is Brc1sc2c3c1CNC3CC2. The van der Waals surface area contributed by atoms with E-state index in [0.717, 1.165) is 6.54 Å². The molecule has 0 saturated heterocycles. The van der Waals surface area contributed by atoms with E-state index in [1.54, 1.807) is 10.4 Å². The van der Waals surface area contributed by atoms with Gasteiger partial charge in [-0.3, -0.25) is 0 Å². The Morgan fingerprint density at radius 2 is 2.45 bits per heavy atom. The molecule has 3 heteroatoms. The van der Waals surface area contributed by atoms with Gasteiger partial charge in [0.05, 0.1) is 3.79 Å². The molecule has 1 N–H and O–H groups in total. The lowest BCUT2D eigenvalue weighted by molar-refractivity contribution is 0.573. The summed E-state index contributed by atoms with van der Waals surface area (Å²) in [6, 6.07) is 0.697. The fraction of sp³-hybridized carbons (Fsp3) is 0.500. The van der Waals surface area contributed by atoms with E-state index < -0.39 is 0 Å². The Bertz CT molecular complexity index is 318. The summed E-state index contributed by atoms with van der Waals surface area (Å²) in [6.45, 7) is 1.08. The van der Waals surface area contributed by atoms with Crippen LogP contribution in [-0.2, 0) is 13.0 Å². The fourth-order valence-electron chi connectivity index (χ4n) is 2.10. The predicted octanol–water partition coefficient (Wildman–Crippen LogP) is 2.60. The zero-order chi connectivity index (χ0) is 7.42. The van der Waals surface area contributed by atoms with Crippen LogP contribution in [0.15, 0.2) is 3.79 Å². The summed E-state index contributed by atoms with van der Waals surface area (Å²) < 4.78 is 1.36. The first-order chi connectivity index (χ1) is 5.36. The lowest BCUT2D eigenvalue weighted by atomic mass is 10.2. The molecule has 0 amide bonds. The molecule has 2 heterocycles. The highest BCUT2D eigenvalue weighted by atomic mass is 79.9. The Morgan fingerprint density at radius 3 is 3.36 bits per heavy atom. The van der Waals surface area contributed by atoms with Crippen molar-refractivity contribution in [1.82, 2.24) is 5.32 Å². The molecule has 58 valence electrons. The second kappa shape index (κ2) is 2.09. The van der Waals surface area contributed by atoms with Crippen LogP contribution < -0.4 is 5.32 Å². The van der Waals surface area contributed by atoms with E-state index in [9.17, 15) is 0 Å². The maximum absolute atomic E-state index is 3.61. The summed E-state index contributed by atoms with van der Waals surface area (Å²) in [4.78, 5) is 1.61. The van der Waals surface area contributed by atoms with E-state index >= 15 is 0 Å². The molecule has 0 saturated carbocycles. The second-order valence-corrected chi connectivity index (χ2v) is 5.59. The molecule has 0 aromatic carbocycles. The number of thiophene rings is 1. The van der Waals surface area contributed by atoms with Crippen LogP contribution in [0.4, 0.5) is 0 Å². The molecule has 0 radical (unpaired) electrons. The number of nitrogens with one attached hydrogen (secondary N) is 1. The zero-order valence-electron chi connectivity index (χ0n) is 5.98. The van der Waals surface area contributed by atoms with Crippen molar-refractivity contribution in [2.24, 2.45) is 0 Å². The lowest BCUT2D eigenvalue weighted by Crippen LogP contribution is -2.08. The molecule has 1 atom stereocenters. The van der Waals surface area contributed by atoms with Gasteiger partial charge >= 0.3 is 0 Å². The van der Waals surface area contributed by atoms with Gasteiger partial charge in [-0.25, -0.2) is 0 Å². The largest absolute Gasteiger partial charge is 0.306 e. The van der Waals surface area contributed by atoms with E-state index in [1.165, 1.54) is 22.2 Å². The Kier molecular flexibility index (Phi) is 1.26. The van der Waals surface area contributed by atoms with Crippen LogP contribution in [0.25, 0.3) is 0 Å². The Balaban J connectivity index is 2.31. The summed E-state index contributed by atoms with van der Waals surface area (Å²) in [6.07, 6.45) is 2.61. The van der Waals surface area contributed by atoms with Gasteiger partial charge in [0.25, 0.3) is 0 Å². The first-order valence-electron chi connectivity index (χ1n) is 3.89. The summed E-state index contributed by atoms with van der Waals surface area (Å²) in [5, 5.41) is 3.52. The van der Waals surface area contributed by atoms with Crippen LogP contribution in [0.3, 0.4) is 0 Å². The second-order valence-electron chi connectivity index (χ2n) is 3.16. The van der Waals surface area contributed by atoms with E-state index in [-0.39, 0.29) is 0 Å². The number of aryl methyl sites for hydroxylation is 1. The molecular formula is C8H8BrNS. The number of rotatable bonds is 0. The van der Waals surface area contributed by atoms with Crippen LogP contribution >= 0.6 is 27.3 Å². The zero-order valence-corrected chi connectivity index (χ0v) is 8.39. The van der Waals surface area contributed by atoms with Gasteiger partial charge in [-0.15, -0.1) is 11.3 Å². The Morgan fingerprint density at radius 1 is 1.55 bits per heavy atom. The molecule has 3 rings (SSSR count). The molecule has 11 heavy (non-hydrogen) atoms. The maximum Gasteiger partial charge on any atom is 0.0749 e. The molecule has 0 bridgehead atoms. The first kappa shape index (κ1) is 6.63. The summed E-state index contributed by atoms with van der Waals surface area (Å²) >= 11 is 5.54. The molecule has 1 aliphatic carbocycles. The lowest BCUT2D eigenvalue weighted by Gasteiger charge is -2.00. The minimum absolute atomic E-state index is 0.697. The number of hydrogen-bond acceptors (Lipinski definition) is 2. The van der Waals surface area contributed by atoms with Gasteiger partial charge in [0.1, 0.15) is 0 Å². The minimum Gasteiger partial charge on any atom is -0.306 e. The predicted molar refractivity (Wildman–Crippen MR) is 49.9 cm³/mol. The van der Waals surface area contributed by atoms with E-state index in [2.05, 4.69) is 21.2 Å². The highest BCUT2D eigenvalue weighted by Gasteiger charge is 2.33. The van der Waals surface area contributed by atoms with Crippen molar-refractivity contribution in [2.45, 2.75) is 25.4 Å². The highest BCUT2D eigenvalue weighted by Crippen LogP contribution is 2.46. The average Bonchev–Trinajstić information content (AvgIpc) is 2.53. The third kappa shape index (κ3) is 0.740. The van der Waals surface area contributed by atoms with Gasteiger partial charge in [0.2, 0.25) is 0 Å². The summed E-state index contributed by atoms with van der Waals surface area (Å²) in [7, 11) is 0. The molecule has 0 fully saturated rings. The van der Waals surface area contributed by atoms with Crippen LogP contribution in [0.5, 0.6) is 0 Å². The first-order valence-corrected chi connectivity index (χ1v) is 5.50. The normalized spacial score (nSPS) is 26.1. The van der Waals surface area contributed by atoms with Gasteiger partial charge in [0.15, 0.2) is 0 Å². The molecule has 0 spiro atoms. The molecule has 1 aromatic rings. The van der Waals surface area contributed by atoms with Crippen molar-refractivity contribution in [3.05, 3.63) is 19.8 Å². The Labute approximate surface area is 77.9 Å². The van der Waals surface area contributed by atoms with Gasteiger partial charge in [-0.05, 0) is 39.9 Å². The average molecular weight is 230 g/mol. The topological polar surface area (TPSA) is 12.0 Å². The fourth-order valence-corrected chi connectivity index (χ4v) is 4.16. The number of halogens is 1. The third-order valence-electron chi connectivity index (χ3n) is 2.61. The van der Waals surface area contributed by atoms with Crippen LogP contribution in [0.2, 0.25) is 0 Å². The van der Waals surface area contributed by atoms with E-state index in [1.807, 2.05) is 11.3 Å². The van der Waals surface area contributed by atoms with Crippen molar-refractivity contribution in [3.63, 3.8) is 0 Å². The van der Waals surface area contributed by atoms with E-state index in [4.69, 9.17) is 0 Å².